The summed E-state index contributed by atoms with van der Waals surface area (Å²) in [6, 6.07) is 21.5. The third kappa shape index (κ3) is 5.01. The van der Waals surface area contributed by atoms with Gasteiger partial charge in [-0.15, -0.1) is 0 Å². The van der Waals surface area contributed by atoms with Crippen molar-refractivity contribution in [3.05, 3.63) is 101 Å². The van der Waals surface area contributed by atoms with Gasteiger partial charge < -0.3 is 4.90 Å². The number of benzene rings is 2. The van der Waals surface area contributed by atoms with Gasteiger partial charge in [0, 0.05) is 61.1 Å². The largest absolute Gasteiger partial charge is 0.336 e. The van der Waals surface area contributed by atoms with Gasteiger partial charge in [-0.25, -0.2) is 4.98 Å². The maximum atomic E-state index is 13.6. The van der Waals surface area contributed by atoms with E-state index in [4.69, 9.17) is 16.6 Å². The second-order valence-electron chi connectivity index (χ2n) is 8.36. The van der Waals surface area contributed by atoms with Gasteiger partial charge in [0.2, 0.25) is 0 Å². The summed E-state index contributed by atoms with van der Waals surface area (Å²) in [5.74, 6) is 0.0180. The number of piperazine rings is 1. The number of halogens is 1. The molecule has 170 valence electrons. The molecule has 5 nitrogen and oxygen atoms in total. The number of hydrogen-bond donors (Lipinski definition) is 0. The van der Waals surface area contributed by atoms with Crippen LogP contribution in [0.15, 0.2) is 85.2 Å². The van der Waals surface area contributed by atoms with Gasteiger partial charge in [-0.2, -0.15) is 0 Å². The summed E-state index contributed by atoms with van der Waals surface area (Å²) in [6.45, 7) is 3.93. The highest BCUT2D eigenvalue weighted by Gasteiger charge is 2.24. The molecule has 2 aromatic heterocycles. The molecule has 0 radical (unpaired) electrons. The molecule has 34 heavy (non-hydrogen) atoms. The molecule has 6 heteroatoms. The first-order valence-electron chi connectivity index (χ1n) is 11.4. The molecule has 2 aromatic carbocycles. The lowest BCUT2D eigenvalue weighted by atomic mass is 10.0. The molecular formula is C28H25ClN4O. The van der Waals surface area contributed by atoms with Crippen LogP contribution in [-0.2, 0) is 0 Å². The zero-order chi connectivity index (χ0) is 23.3. The lowest BCUT2D eigenvalue weighted by molar-refractivity contribution is 0.0652. The second-order valence-corrected chi connectivity index (χ2v) is 8.79. The van der Waals surface area contributed by atoms with E-state index in [1.54, 1.807) is 12.4 Å². The van der Waals surface area contributed by atoms with E-state index < -0.39 is 0 Å². The van der Waals surface area contributed by atoms with Crippen LogP contribution in [0.4, 0.5) is 0 Å². The first kappa shape index (κ1) is 22.3. The van der Waals surface area contributed by atoms with Gasteiger partial charge in [-0.05, 0) is 42.0 Å². The molecule has 1 saturated heterocycles. The normalized spacial score (nSPS) is 14.7. The Morgan fingerprint density at radius 1 is 0.941 bits per heavy atom. The molecule has 4 aromatic rings. The number of carbonyl (C=O) groups excluding carboxylic acids is 1. The molecule has 0 bridgehead atoms. The highest BCUT2D eigenvalue weighted by atomic mass is 35.5. The van der Waals surface area contributed by atoms with Crippen molar-refractivity contribution in [1.82, 2.24) is 19.8 Å². The predicted molar refractivity (Wildman–Crippen MR) is 138 cm³/mol. The number of aromatic nitrogens is 2. The number of hydrogen-bond acceptors (Lipinski definition) is 4. The van der Waals surface area contributed by atoms with Gasteiger partial charge in [0.1, 0.15) is 0 Å². The van der Waals surface area contributed by atoms with Crippen molar-refractivity contribution in [1.29, 1.82) is 0 Å². The van der Waals surface area contributed by atoms with Crippen molar-refractivity contribution in [2.45, 2.75) is 0 Å². The molecule has 0 spiro atoms. The molecular weight excluding hydrogens is 444 g/mol. The Hall–Kier alpha value is -3.54. The van der Waals surface area contributed by atoms with E-state index in [0.717, 1.165) is 41.8 Å². The van der Waals surface area contributed by atoms with E-state index in [0.29, 0.717) is 23.7 Å². The molecule has 5 rings (SSSR count). The summed E-state index contributed by atoms with van der Waals surface area (Å²) in [5, 5.41) is 1.37. The third-order valence-electron chi connectivity index (χ3n) is 6.11. The van der Waals surface area contributed by atoms with Crippen LogP contribution in [0.3, 0.4) is 0 Å². The average Bonchev–Trinajstić information content (AvgIpc) is 2.89. The molecule has 3 heterocycles. The Morgan fingerprint density at radius 3 is 2.47 bits per heavy atom. The lowest BCUT2D eigenvalue weighted by Crippen LogP contribution is -2.48. The van der Waals surface area contributed by atoms with E-state index in [1.165, 1.54) is 5.56 Å². The van der Waals surface area contributed by atoms with Gasteiger partial charge in [0.25, 0.3) is 5.91 Å². The van der Waals surface area contributed by atoms with Crippen molar-refractivity contribution in [3.8, 4) is 11.3 Å². The van der Waals surface area contributed by atoms with Crippen molar-refractivity contribution in [3.63, 3.8) is 0 Å². The Bertz CT molecular complexity index is 1320. The first-order chi connectivity index (χ1) is 16.7. The molecule has 1 fully saturated rings. The zero-order valence-electron chi connectivity index (χ0n) is 18.8. The fourth-order valence-electron chi connectivity index (χ4n) is 4.25. The highest BCUT2D eigenvalue weighted by molar-refractivity contribution is 6.31. The van der Waals surface area contributed by atoms with Gasteiger partial charge in [0.15, 0.2) is 0 Å². The minimum absolute atomic E-state index is 0.0180. The fraction of sp³-hybridized carbons (Fsp3) is 0.179. The third-order valence-corrected chi connectivity index (χ3v) is 6.35. The standard InChI is InChI=1S/C28H25ClN4O/c29-23-8-9-26-24(19-23)25(20-27(31-26)22-10-12-30-13-11-22)28(34)33-17-15-32(16-18-33)14-4-7-21-5-2-1-3-6-21/h1-13,19-20H,14-18H2/b7-4+. The van der Waals surface area contributed by atoms with Crippen LogP contribution >= 0.6 is 11.6 Å². The van der Waals surface area contributed by atoms with E-state index in [9.17, 15) is 4.79 Å². The van der Waals surface area contributed by atoms with Gasteiger partial charge >= 0.3 is 0 Å². The van der Waals surface area contributed by atoms with Crippen LogP contribution < -0.4 is 0 Å². The first-order valence-corrected chi connectivity index (χ1v) is 11.8. The van der Waals surface area contributed by atoms with Crippen molar-refractivity contribution in [2.24, 2.45) is 0 Å². The van der Waals surface area contributed by atoms with Gasteiger partial charge in [-0.3, -0.25) is 14.7 Å². The minimum atomic E-state index is 0.0180. The van der Waals surface area contributed by atoms with Crippen LogP contribution in [-0.4, -0.2) is 58.4 Å². The fourth-order valence-corrected chi connectivity index (χ4v) is 4.42. The van der Waals surface area contributed by atoms with E-state index in [1.807, 2.05) is 59.5 Å². The Kier molecular flexibility index (Phi) is 6.65. The molecule has 1 amide bonds. The maximum absolute atomic E-state index is 13.6. The zero-order valence-corrected chi connectivity index (χ0v) is 19.5. The molecule has 1 aliphatic rings. The molecule has 0 unspecified atom stereocenters. The molecule has 0 atom stereocenters. The van der Waals surface area contributed by atoms with Crippen molar-refractivity contribution in [2.75, 3.05) is 32.7 Å². The molecule has 0 saturated carbocycles. The van der Waals surface area contributed by atoms with Crippen LogP contribution in [0.5, 0.6) is 0 Å². The number of carbonyl (C=O) groups is 1. The topological polar surface area (TPSA) is 49.3 Å². The van der Waals surface area contributed by atoms with Crippen LogP contribution in [0.1, 0.15) is 15.9 Å². The molecule has 0 N–H and O–H groups in total. The SMILES string of the molecule is O=C(c1cc(-c2ccncc2)nc2ccc(Cl)cc12)N1CCN(C/C=C/c2ccccc2)CC1. The Balaban J connectivity index is 1.33. The highest BCUT2D eigenvalue weighted by Crippen LogP contribution is 2.28. The summed E-state index contributed by atoms with van der Waals surface area (Å²) in [6.07, 6.45) is 7.79. The number of fused-ring (bicyclic) bond motifs is 1. The number of pyridine rings is 2. The Morgan fingerprint density at radius 2 is 1.71 bits per heavy atom. The molecule has 0 aliphatic carbocycles. The minimum Gasteiger partial charge on any atom is -0.336 e. The van der Waals surface area contributed by atoms with E-state index in [-0.39, 0.29) is 5.91 Å². The number of nitrogens with zero attached hydrogens (tertiary/aromatic N) is 4. The van der Waals surface area contributed by atoms with Crippen molar-refractivity contribution >= 4 is 34.5 Å². The lowest BCUT2D eigenvalue weighted by Gasteiger charge is -2.34. The van der Waals surface area contributed by atoms with Gasteiger partial charge in [0.05, 0.1) is 16.8 Å². The van der Waals surface area contributed by atoms with Crippen LogP contribution in [0.25, 0.3) is 28.2 Å². The van der Waals surface area contributed by atoms with Gasteiger partial charge in [-0.1, -0.05) is 54.1 Å². The monoisotopic (exact) mass is 468 g/mol. The smallest absolute Gasteiger partial charge is 0.254 e. The number of rotatable bonds is 5. The van der Waals surface area contributed by atoms with E-state index in [2.05, 4.69) is 34.2 Å². The summed E-state index contributed by atoms with van der Waals surface area (Å²) in [7, 11) is 0. The summed E-state index contributed by atoms with van der Waals surface area (Å²) < 4.78 is 0. The summed E-state index contributed by atoms with van der Waals surface area (Å²) >= 11 is 6.28. The van der Waals surface area contributed by atoms with E-state index >= 15 is 0 Å². The average molecular weight is 469 g/mol. The predicted octanol–water partition coefficient (Wildman–Crippen LogP) is 5.42. The van der Waals surface area contributed by atoms with Crippen LogP contribution in [0, 0.1) is 0 Å². The second kappa shape index (κ2) is 10.2. The summed E-state index contributed by atoms with van der Waals surface area (Å²) in [4.78, 5) is 26.8. The van der Waals surface area contributed by atoms with Crippen molar-refractivity contribution < 1.29 is 4.79 Å². The maximum Gasteiger partial charge on any atom is 0.254 e. The number of amides is 1. The Labute approximate surface area is 204 Å². The summed E-state index contributed by atoms with van der Waals surface area (Å²) in [5.41, 5.74) is 4.27. The quantitative estimate of drug-likeness (QED) is 0.392. The van der Waals surface area contributed by atoms with Crippen LogP contribution in [0.2, 0.25) is 5.02 Å². The molecule has 1 aliphatic heterocycles.